The van der Waals surface area contributed by atoms with E-state index in [2.05, 4.69) is 53.2 Å². The summed E-state index contributed by atoms with van der Waals surface area (Å²) < 4.78 is 2.36. The minimum absolute atomic E-state index is 0.463. The number of anilines is 3. The van der Waals surface area contributed by atoms with Crippen LogP contribution in [0.1, 0.15) is 38.1 Å². The van der Waals surface area contributed by atoms with Crippen molar-refractivity contribution in [2.75, 3.05) is 23.3 Å². The van der Waals surface area contributed by atoms with Crippen molar-refractivity contribution in [3.8, 4) is 0 Å². The Morgan fingerprint density at radius 3 is 2.71 bits per heavy atom. The molecule has 0 amide bonds. The smallest absolute Gasteiger partial charge is 0.230 e. The first-order valence-electron chi connectivity index (χ1n) is 11.0. The van der Waals surface area contributed by atoms with E-state index in [1.807, 2.05) is 30.7 Å². The molecule has 0 radical (unpaired) electrons. The molecule has 8 nitrogen and oxygen atoms in total. The van der Waals surface area contributed by atoms with Crippen LogP contribution >= 0.6 is 0 Å². The maximum atomic E-state index is 4.89. The maximum Gasteiger partial charge on any atom is 0.230 e. The standard InChI is InChI=1S/C23H24N8/c1-4-12-30(13-5-1)21-9-8-20(28-29-21)26-23-25-14-18-17-10-11-24-15-19(17)31(22(18)27-23)16-6-2-3-7-16/h1,4,8-11,14-16H,2-3,5-7,12-13H2,(H,25,26,27,28). The van der Waals surface area contributed by atoms with Crippen molar-refractivity contribution in [3.63, 3.8) is 0 Å². The summed E-state index contributed by atoms with van der Waals surface area (Å²) in [6.45, 7) is 1.85. The molecule has 0 saturated heterocycles. The second kappa shape index (κ2) is 7.61. The second-order valence-corrected chi connectivity index (χ2v) is 8.24. The summed E-state index contributed by atoms with van der Waals surface area (Å²) in [7, 11) is 0. The Kier molecular flexibility index (Phi) is 4.48. The molecule has 5 heterocycles. The molecule has 0 unspecified atom stereocenters. The molecular weight excluding hydrogens is 388 g/mol. The monoisotopic (exact) mass is 412 g/mol. The number of nitrogens with one attached hydrogen (secondary N) is 1. The molecule has 1 fully saturated rings. The molecule has 31 heavy (non-hydrogen) atoms. The highest BCUT2D eigenvalue weighted by molar-refractivity contribution is 6.06. The van der Waals surface area contributed by atoms with Gasteiger partial charge in [-0.2, -0.15) is 4.98 Å². The molecule has 4 aromatic rings. The number of aromatic nitrogens is 6. The molecule has 1 saturated carbocycles. The average Bonchev–Trinajstić information content (AvgIpc) is 3.46. The molecule has 4 aromatic heterocycles. The van der Waals surface area contributed by atoms with Crippen molar-refractivity contribution in [1.82, 2.24) is 29.7 Å². The summed E-state index contributed by atoms with van der Waals surface area (Å²) in [5.41, 5.74) is 2.09. The van der Waals surface area contributed by atoms with Crippen LogP contribution in [0.15, 0.2) is 48.9 Å². The van der Waals surface area contributed by atoms with Crippen molar-refractivity contribution < 1.29 is 0 Å². The molecule has 1 aliphatic carbocycles. The summed E-state index contributed by atoms with van der Waals surface area (Å²) in [4.78, 5) is 16.0. The molecule has 156 valence electrons. The molecule has 0 aromatic carbocycles. The van der Waals surface area contributed by atoms with Crippen molar-refractivity contribution in [3.05, 3.63) is 48.9 Å². The number of pyridine rings is 1. The largest absolute Gasteiger partial charge is 0.351 e. The Hall–Kier alpha value is -3.55. The number of hydrogen-bond acceptors (Lipinski definition) is 7. The van der Waals surface area contributed by atoms with E-state index in [0.717, 1.165) is 47.3 Å². The summed E-state index contributed by atoms with van der Waals surface area (Å²) >= 11 is 0. The second-order valence-electron chi connectivity index (χ2n) is 8.24. The van der Waals surface area contributed by atoms with Gasteiger partial charge in [-0.25, -0.2) is 4.98 Å². The lowest BCUT2D eigenvalue weighted by molar-refractivity contribution is 0.546. The highest BCUT2D eigenvalue weighted by atomic mass is 15.3. The number of nitrogens with zero attached hydrogens (tertiary/aromatic N) is 7. The SMILES string of the molecule is C1=CCN(c2ccc(Nc3ncc4c5ccncc5n(C5CCCC5)c4n3)nn2)CC1. The van der Waals surface area contributed by atoms with Gasteiger partial charge in [0.15, 0.2) is 11.6 Å². The lowest BCUT2D eigenvalue weighted by Gasteiger charge is -2.23. The van der Waals surface area contributed by atoms with E-state index in [9.17, 15) is 0 Å². The summed E-state index contributed by atoms with van der Waals surface area (Å²) in [5, 5.41) is 14.2. The summed E-state index contributed by atoms with van der Waals surface area (Å²) in [6, 6.07) is 6.45. The number of fused-ring (bicyclic) bond motifs is 3. The van der Waals surface area contributed by atoms with E-state index in [-0.39, 0.29) is 0 Å². The predicted molar refractivity (Wildman–Crippen MR) is 122 cm³/mol. The van der Waals surface area contributed by atoms with Gasteiger partial charge in [0.05, 0.1) is 11.7 Å². The van der Waals surface area contributed by atoms with E-state index in [4.69, 9.17) is 4.98 Å². The average molecular weight is 413 g/mol. The van der Waals surface area contributed by atoms with Crippen molar-refractivity contribution in [2.24, 2.45) is 0 Å². The highest BCUT2D eigenvalue weighted by Gasteiger charge is 2.23. The van der Waals surface area contributed by atoms with E-state index < -0.39 is 0 Å². The van der Waals surface area contributed by atoms with Crippen LogP contribution in [-0.4, -0.2) is 42.8 Å². The Balaban J connectivity index is 1.34. The van der Waals surface area contributed by atoms with E-state index in [1.54, 1.807) is 0 Å². The van der Waals surface area contributed by atoms with Gasteiger partial charge >= 0.3 is 0 Å². The molecule has 6 rings (SSSR count). The summed E-state index contributed by atoms with van der Waals surface area (Å²) in [6.07, 6.45) is 16.0. The predicted octanol–water partition coefficient (Wildman–Crippen LogP) is 4.39. The van der Waals surface area contributed by atoms with Crippen LogP contribution in [-0.2, 0) is 0 Å². The first-order chi connectivity index (χ1) is 15.4. The Labute approximate surface area is 180 Å². The third-order valence-corrected chi connectivity index (χ3v) is 6.31. The van der Waals surface area contributed by atoms with Gasteiger partial charge in [-0.05, 0) is 37.5 Å². The molecule has 2 aliphatic rings. The fraction of sp³-hybridized carbons (Fsp3) is 0.348. The van der Waals surface area contributed by atoms with Crippen molar-refractivity contribution in [2.45, 2.75) is 38.1 Å². The van der Waals surface area contributed by atoms with E-state index in [0.29, 0.717) is 17.8 Å². The van der Waals surface area contributed by atoms with Crippen LogP contribution in [0.2, 0.25) is 0 Å². The van der Waals surface area contributed by atoms with Gasteiger partial charge in [-0.1, -0.05) is 25.0 Å². The van der Waals surface area contributed by atoms with Gasteiger partial charge in [0.2, 0.25) is 5.95 Å². The van der Waals surface area contributed by atoms with Crippen LogP contribution in [0, 0.1) is 0 Å². The Morgan fingerprint density at radius 2 is 1.90 bits per heavy atom. The summed E-state index contributed by atoms with van der Waals surface area (Å²) in [5.74, 6) is 2.06. The van der Waals surface area contributed by atoms with Gasteiger partial charge < -0.3 is 14.8 Å². The molecule has 0 spiro atoms. The quantitative estimate of drug-likeness (QED) is 0.498. The topological polar surface area (TPSA) is 84.6 Å². The normalized spacial score (nSPS) is 17.1. The number of rotatable bonds is 4. The Morgan fingerprint density at radius 1 is 0.968 bits per heavy atom. The minimum atomic E-state index is 0.463. The van der Waals surface area contributed by atoms with Gasteiger partial charge in [-0.3, -0.25) is 4.98 Å². The zero-order chi connectivity index (χ0) is 20.6. The van der Waals surface area contributed by atoms with E-state index >= 15 is 0 Å². The molecule has 0 bridgehead atoms. The van der Waals surface area contributed by atoms with Gasteiger partial charge in [0.1, 0.15) is 5.65 Å². The zero-order valence-electron chi connectivity index (χ0n) is 17.3. The molecule has 1 N–H and O–H groups in total. The first-order valence-corrected chi connectivity index (χ1v) is 11.0. The van der Waals surface area contributed by atoms with Crippen LogP contribution in [0.5, 0.6) is 0 Å². The van der Waals surface area contributed by atoms with Crippen LogP contribution in [0.4, 0.5) is 17.6 Å². The number of hydrogen-bond donors (Lipinski definition) is 1. The molecule has 8 heteroatoms. The maximum absolute atomic E-state index is 4.89. The zero-order valence-corrected chi connectivity index (χ0v) is 17.3. The van der Waals surface area contributed by atoms with Crippen LogP contribution < -0.4 is 10.2 Å². The lowest BCUT2D eigenvalue weighted by atomic mass is 10.2. The van der Waals surface area contributed by atoms with Crippen LogP contribution in [0.25, 0.3) is 21.9 Å². The Bertz CT molecular complexity index is 1250. The molecular formula is C23H24N8. The van der Waals surface area contributed by atoms with E-state index in [1.165, 1.54) is 25.7 Å². The fourth-order valence-electron chi connectivity index (χ4n) is 4.78. The van der Waals surface area contributed by atoms with Crippen molar-refractivity contribution >= 4 is 39.5 Å². The third kappa shape index (κ3) is 3.28. The molecule has 1 aliphatic heterocycles. The van der Waals surface area contributed by atoms with Crippen LogP contribution in [0.3, 0.4) is 0 Å². The fourth-order valence-corrected chi connectivity index (χ4v) is 4.78. The first kappa shape index (κ1) is 18.2. The molecule has 0 atom stereocenters. The van der Waals surface area contributed by atoms with Gasteiger partial charge in [0, 0.05) is 42.3 Å². The van der Waals surface area contributed by atoms with Crippen molar-refractivity contribution in [1.29, 1.82) is 0 Å². The lowest BCUT2D eigenvalue weighted by Crippen LogP contribution is -2.27. The highest BCUT2D eigenvalue weighted by Crippen LogP contribution is 2.37. The van der Waals surface area contributed by atoms with Gasteiger partial charge in [-0.15, -0.1) is 10.2 Å². The minimum Gasteiger partial charge on any atom is -0.351 e. The third-order valence-electron chi connectivity index (χ3n) is 6.31. The van der Waals surface area contributed by atoms with Gasteiger partial charge in [0.25, 0.3) is 0 Å².